The molecule has 1 N–H and O–H groups in total. The minimum atomic E-state index is -4.34. The molecule has 0 unspecified atom stereocenters. The zero-order chi connectivity index (χ0) is 12.5. The van der Waals surface area contributed by atoms with Gasteiger partial charge in [0.15, 0.2) is 5.69 Å². The normalized spacial score (nSPS) is 18.6. The number of aromatic nitrogens is 2. The Hall–Kier alpha value is -1.04. The van der Waals surface area contributed by atoms with Crippen LogP contribution >= 0.6 is 0 Å². The number of halogens is 3. The van der Waals surface area contributed by atoms with Crippen molar-refractivity contribution in [2.75, 3.05) is 13.1 Å². The zero-order valence-corrected chi connectivity index (χ0v) is 9.72. The first-order valence-electron chi connectivity index (χ1n) is 5.77. The summed E-state index contributed by atoms with van der Waals surface area (Å²) in [6.45, 7) is 1.79. The summed E-state index contributed by atoms with van der Waals surface area (Å²) >= 11 is 0. The SMILES string of the molecule is Cn1cc(CC2CCNCC2)c(C(F)(F)F)n1. The zero-order valence-electron chi connectivity index (χ0n) is 9.72. The highest BCUT2D eigenvalue weighted by Crippen LogP contribution is 2.32. The Balaban J connectivity index is 2.14. The maximum atomic E-state index is 12.7. The highest BCUT2D eigenvalue weighted by molar-refractivity contribution is 5.20. The average molecular weight is 247 g/mol. The summed E-state index contributed by atoms with van der Waals surface area (Å²) in [7, 11) is 1.53. The maximum Gasteiger partial charge on any atom is 0.435 e. The van der Waals surface area contributed by atoms with Crippen molar-refractivity contribution >= 4 is 0 Å². The number of hydrogen-bond donors (Lipinski definition) is 1. The fourth-order valence-corrected chi connectivity index (χ4v) is 2.32. The smallest absolute Gasteiger partial charge is 0.317 e. The van der Waals surface area contributed by atoms with E-state index in [1.807, 2.05) is 0 Å². The second-order valence-electron chi connectivity index (χ2n) is 4.57. The van der Waals surface area contributed by atoms with E-state index in [1.54, 1.807) is 0 Å². The molecule has 2 rings (SSSR count). The molecule has 0 radical (unpaired) electrons. The molecule has 0 aromatic carbocycles. The van der Waals surface area contributed by atoms with Crippen molar-refractivity contribution in [2.45, 2.75) is 25.4 Å². The lowest BCUT2D eigenvalue weighted by molar-refractivity contribution is -0.142. The average Bonchev–Trinajstić information content (AvgIpc) is 2.60. The van der Waals surface area contributed by atoms with Gasteiger partial charge in [0, 0.05) is 18.8 Å². The quantitative estimate of drug-likeness (QED) is 0.866. The molecule has 3 nitrogen and oxygen atoms in total. The van der Waals surface area contributed by atoms with Crippen LogP contribution < -0.4 is 5.32 Å². The third kappa shape index (κ3) is 3.00. The molecule has 2 heterocycles. The number of alkyl halides is 3. The van der Waals surface area contributed by atoms with Crippen LogP contribution in [0.4, 0.5) is 13.2 Å². The van der Waals surface area contributed by atoms with Gasteiger partial charge in [0.05, 0.1) is 0 Å². The molecule has 0 amide bonds. The first-order valence-corrected chi connectivity index (χ1v) is 5.77. The number of rotatable bonds is 2. The van der Waals surface area contributed by atoms with Crippen molar-refractivity contribution in [1.29, 1.82) is 0 Å². The highest BCUT2D eigenvalue weighted by Gasteiger charge is 2.37. The molecule has 0 spiro atoms. The molecular formula is C11H16F3N3. The maximum absolute atomic E-state index is 12.7. The van der Waals surface area contributed by atoms with Gasteiger partial charge in [-0.25, -0.2) is 0 Å². The number of nitrogens with zero attached hydrogens (tertiary/aromatic N) is 2. The Bertz CT molecular complexity index is 378. The van der Waals surface area contributed by atoms with E-state index >= 15 is 0 Å². The lowest BCUT2D eigenvalue weighted by Crippen LogP contribution is -2.29. The highest BCUT2D eigenvalue weighted by atomic mass is 19.4. The summed E-state index contributed by atoms with van der Waals surface area (Å²) in [6, 6.07) is 0. The van der Waals surface area contributed by atoms with Gasteiger partial charge >= 0.3 is 6.18 Å². The fourth-order valence-electron chi connectivity index (χ4n) is 2.32. The van der Waals surface area contributed by atoms with Gasteiger partial charge in [-0.15, -0.1) is 0 Å². The first-order chi connectivity index (χ1) is 7.97. The van der Waals surface area contributed by atoms with E-state index in [0.29, 0.717) is 17.9 Å². The van der Waals surface area contributed by atoms with Crippen LogP contribution in [0.25, 0.3) is 0 Å². The van der Waals surface area contributed by atoms with Crippen LogP contribution in [0, 0.1) is 5.92 Å². The summed E-state index contributed by atoms with van der Waals surface area (Å²) < 4.78 is 39.4. The van der Waals surface area contributed by atoms with Crippen LogP contribution in [-0.2, 0) is 19.6 Å². The van der Waals surface area contributed by atoms with Gasteiger partial charge in [-0.1, -0.05) is 0 Å². The lowest BCUT2D eigenvalue weighted by Gasteiger charge is -2.22. The third-order valence-corrected chi connectivity index (χ3v) is 3.14. The molecule has 1 aromatic heterocycles. The summed E-state index contributed by atoms with van der Waals surface area (Å²) in [5.41, 5.74) is -0.398. The molecule has 0 saturated carbocycles. The van der Waals surface area contributed by atoms with Gasteiger partial charge in [0.2, 0.25) is 0 Å². The predicted octanol–water partition coefficient (Wildman–Crippen LogP) is 1.98. The molecule has 1 aliphatic heterocycles. The largest absolute Gasteiger partial charge is 0.435 e. The van der Waals surface area contributed by atoms with Gasteiger partial charge in [-0.3, -0.25) is 4.68 Å². The van der Waals surface area contributed by atoms with Gasteiger partial charge in [-0.2, -0.15) is 18.3 Å². The van der Waals surface area contributed by atoms with E-state index in [9.17, 15) is 13.2 Å². The van der Waals surface area contributed by atoms with Crippen LogP contribution in [-0.4, -0.2) is 22.9 Å². The Morgan fingerprint density at radius 2 is 2.06 bits per heavy atom. The molecule has 1 aliphatic rings. The van der Waals surface area contributed by atoms with Crippen molar-refractivity contribution in [3.8, 4) is 0 Å². The number of aryl methyl sites for hydroxylation is 1. The van der Waals surface area contributed by atoms with E-state index in [4.69, 9.17) is 0 Å². The monoisotopic (exact) mass is 247 g/mol. The Labute approximate surface area is 98.0 Å². The second-order valence-corrected chi connectivity index (χ2v) is 4.57. The summed E-state index contributed by atoms with van der Waals surface area (Å²) in [6.07, 6.45) is -0.503. The Morgan fingerprint density at radius 3 is 2.65 bits per heavy atom. The molecule has 96 valence electrons. The first kappa shape index (κ1) is 12.4. The van der Waals surface area contributed by atoms with Crippen LogP contribution in [0.2, 0.25) is 0 Å². The summed E-state index contributed by atoms with van der Waals surface area (Å²) in [4.78, 5) is 0. The van der Waals surface area contributed by atoms with Gasteiger partial charge < -0.3 is 5.32 Å². The summed E-state index contributed by atoms with van der Waals surface area (Å²) in [5, 5.41) is 6.73. The standard InChI is InChI=1S/C11H16F3N3/c1-17-7-9(10(16-17)11(12,13)14)6-8-2-4-15-5-3-8/h7-8,15H,2-6H2,1H3. The molecule has 1 saturated heterocycles. The van der Waals surface area contributed by atoms with E-state index in [0.717, 1.165) is 25.9 Å². The molecule has 1 aromatic rings. The third-order valence-electron chi connectivity index (χ3n) is 3.14. The van der Waals surface area contributed by atoms with Crippen LogP contribution in [0.15, 0.2) is 6.20 Å². The Kier molecular flexibility index (Phi) is 3.42. The van der Waals surface area contributed by atoms with Crippen molar-refractivity contribution in [3.63, 3.8) is 0 Å². The minimum absolute atomic E-state index is 0.326. The van der Waals surface area contributed by atoms with Gasteiger partial charge in [0.1, 0.15) is 0 Å². The lowest BCUT2D eigenvalue weighted by atomic mass is 9.91. The van der Waals surface area contributed by atoms with Crippen molar-refractivity contribution in [1.82, 2.24) is 15.1 Å². The van der Waals surface area contributed by atoms with E-state index in [2.05, 4.69) is 10.4 Å². The fraction of sp³-hybridized carbons (Fsp3) is 0.727. The van der Waals surface area contributed by atoms with Crippen molar-refractivity contribution < 1.29 is 13.2 Å². The number of nitrogens with one attached hydrogen (secondary N) is 1. The topological polar surface area (TPSA) is 29.9 Å². The van der Waals surface area contributed by atoms with Gasteiger partial charge in [-0.05, 0) is 38.3 Å². The van der Waals surface area contributed by atoms with Crippen LogP contribution in [0.1, 0.15) is 24.1 Å². The van der Waals surface area contributed by atoms with Crippen LogP contribution in [0.3, 0.4) is 0 Å². The molecule has 0 bridgehead atoms. The molecule has 17 heavy (non-hydrogen) atoms. The molecule has 6 heteroatoms. The number of hydrogen-bond acceptors (Lipinski definition) is 2. The van der Waals surface area contributed by atoms with Crippen molar-refractivity contribution in [3.05, 3.63) is 17.5 Å². The van der Waals surface area contributed by atoms with E-state index in [-0.39, 0.29) is 0 Å². The molecule has 1 fully saturated rings. The van der Waals surface area contributed by atoms with E-state index in [1.165, 1.54) is 17.9 Å². The Morgan fingerprint density at radius 1 is 1.41 bits per heavy atom. The summed E-state index contributed by atoms with van der Waals surface area (Å²) in [5.74, 6) is 0.335. The molecule has 0 atom stereocenters. The molecule has 0 aliphatic carbocycles. The van der Waals surface area contributed by atoms with E-state index < -0.39 is 11.9 Å². The second kappa shape index (κ2) is 4.68. The number of piperidine rings is 1. The van der Waals surface area contributed by atoms with Gasteiger partial charge in [0.25, 0.3) is 0 Å². The predicted molar refractivity (Wildman–Crippen MR) is 57.5 cm³/mol. The minimum Gasteiger partial charge on any atom is -0.317 e. The van der Waals surface area contributed by atoms with Crippen molar-refractivity contribution in [2.24, 2.45) is 13.0 Å². The molecular weight excluding hydrogens is 231 g/mol. The van der Waals surface area contributed by atoms with Crippen LogP contribution in [0.5, 0.6) is 0 Å².